The largest absolute Gasteiger partial charge is 0.481 e. The number of nitrogens with zero attached hydrogens (tertiary/aromatic N) is 5. The van der Waals surface area contributed by atoms with Gasteiger partial charge in [-0.2, -0.15) is 4.39 Å². The van der Waals surface area contributed by atoms with Crippen molar-refractivity contribution < 1.29 is 22.6 Å². The summed E-state index contributed by atoms with van der Waals surface area (Å²) in [5.41, 5.74) is 3.30. The van der Waals surface area contributed by atoms with Crippen molar-refractivity contribution in [2.24, 2.45) is 17.5 Å². The van der Waals surface area contributed by atoms with Crippen molar-refractivity contribution in [2.75, 3.05) is 5.43 Å². The van der Waals surface area contributed by atoms with E-state index in [4.69, 9.17) is 15.7 Å². The van der Waals surface area contributed by atoms with Gasteiger partial charge in [0.15, 0.2) is 5.65 Å². The Hall–Kier alpha value is -2.60. The molecular weight excluding hydrogens is 661 g/mol. The summed E-state index contributed by atoms with van der Waals surface area (Å²) in [5, 5.41) is 15.3. The molecule has 16 heteroatoms. The van der Waals surface area contributed by atoms with Gasteiger partial charge in [0.25, 0.3) is 5.97 Å². The summed E-state index contributed by atoms with van der Waals surface area (Å²) < 4.78 is 16.7. The van der Waals surface area contributed by atoms with E-state index in [0.717, 1.165) is 27.3 Å². The highest BCUT2D eigenvalue weighted by Gasteiger charge is 1.98. The standard InChI is InChI=1S/C7H6BrN3.C5H3BrFN.C5H6BrN3.C2H4O2.H4N2.H2O.2H2/c1-5-9-10-7-4-6(8)2-3-11(5)7;6-4-1-2-8-5(7)3-4;6-4-1-2-8-5(3-4)9-7;1-2(3)4;1-2;;;/h2-4H,1H3;1-3H;1-3H,7H2,(H,8,9);1H3,(H,3,4);1-2H2;1H2;2*1H. The number of aryl methyl sites for hydroxylation is 1. The average molecular weight is 690 g/mol. The van der Waals surface area contributed by atoms with Crippen molar-refractivity contribution >= 4 is 65.2 Å². The number of nitrogen functional groups attached to an aromatic ring is 1. The van der Waals surface area contributed by atoms with Crippen LogP contribution in [0.15, 0.2) is 68.4 Å². The van der Waals surface area contributed by atoms with Gasteiger partial charge in [-0.15, -0.1) is 10.2 Å². The number of carboxylic acid groups (broad SMARTS) is 1. The molecule has 10 N–H and O–H groups in total. The fourth-order valence-corrected chi connectivity index (χ4v) is 2.81. The predicted molar refractivity (Wildman–Crippen MR) is 147 cm³/mol. The molecule has 0 atom stereocenters. The molecule has 0 unspecified atom stereocenters. The number of hydrogen-bond donors (Lipinski definition) is 5. The van der Waals surface area contributed by atoms with Gasteiger partial charge in [-0.1, -0.05) is 47.8 Å². The molecular formula is C19H29Br3FN9O3. The van der Waals surface area contributed by atoms with Crippen LogP contribution in [0, 0.1) is 12.9 Å². The lowest BCUT2D eigenvalue weighted by atomic mass is 10.5. The van der Waals surface area contributed by atoms with Gasteiger partial charge in [0, 0.05) is 47.9 Å². The van der Waals surface area contributed by atoms with Crippen LogP contribution in [0.2, 0.25) is 0 Å². The number of hydrazine groups is 2. The summed E-state index contributed by atoms with van der Waals surface area (Å²) in [4.78, 5) is 16.2. The first-order valence-electron chi connectivity index (χ1n) is 8.97. The van der Waals surface area contributed by atoms with Gasteiger partial charge in [0.05, 0.1) is 0 Å². The Bertz CT molecular complexity index is 1140. The number of nitrogens with two attached hydrogens (primary N) is 3. The monoisotopic (exact) mass is 687 g/mol. The molecule has 0 aromatic carbocycles. The first-order valence-corrected chi connectivity index (χ1v) is 11.3. The van der Waals surface area contributed by atoms with Crippen LogP contribution < -0.4 is 23.0 Å². The molecule has 0 saturated carbocycles. The highest BCUT2D eigenvalue weighted by molar-refractivity contribution is 9.11. The molecule has 0 bridgehead atoms. The van der Waals surface area contributed by atoms with Crippen LogP contribution in [0.5, 0.6) is 0 Å². The van der Waals surface area contributed by atoms with Crippen LogP contribution in [-0.2, 0) is 4.79 Å². The van der Waals surface area contributed by atoms with Crippen LogP contribution in [0.4, 0.5) is 10.2 Å². The number of aromatic nitrogens is 5. The lowest BCUT2D eigenvalue weighted by Gasteiger charge is -1.95. The van der Waals surface area contributed by atoms with Gasteiger partial charge in [-0.05, 0) is 37.3 Å². The van der Waals surface area contributed by atoms with Gasteiger partial charge in [0.1, 0.15) is 11.6 Å². The molecule has 4 aromatic heterocycles. The number of pyridine rings is 3. The molecule has 4 heterocycles. The van der Waals surface area contributed by atoms with Gasteiger partial charge >= 0.3 is 0 Å². The SMILES string of the molecule is CC(=O)O.Cc1nnc2cc(Br)ccn12.Fc1cc(Br)ccn1.NN.NNc1cc(Br)ccn1.O.[HH].[HH]. The fraction of sp³-hybridized carbons (Fsp3) is 0.105. The minimum atomic E-state index is -0.833. The number of carboxylic acids is 1. The number of fused-ring (bicyclic) bond motifs is 1. The zero-order chi connectivity index (χ0) is 26.1. The molecule has 0 radical (unpaired) electrons. The molecule has 196 valence electrons. The Morgan fingerprint density at radius 2 is 1.54 bits per heavy atom. The first-order chi connectivity index (χ1) is 16.1. The molecule has 0 saturated heterocycles. The maximum Gasteiger partial charge on any atom is 0.300 e. The van der Waals surface area contributed by atoms with Crippen molar-refractivity contribution in [3.8, 4) is 0 Å². The van der Waals surface area contributed by atoms with Crippen LogP contribution in [-0.4, -0.2) is 41.1 Å². The number of hydrogen-bond acceptors (Lipinski definition) is 9. The minimum Gasteiger partial charge on any atom is -0.481 e. The summed E-state index contributed by atoms with van der Waals surface area (Å²) in [7, 11) is 0. The quantitative estimate of drug-likeness (QED) is 0.111. The normalized spacial score (nSPS) is 8.71. The van der Waals surface area contributed by atoms with E-state index in [2.05, 4.69) is 85.1 Å². The lowest BCUT2D eigenvalue weighted by Crippen LogP contribution is -2.07. The third kappa shape index (κ3) is 15.8. The smallest absolute Gasteiger partial charge is 0.300 e. The van der Waals surface area contributed by atoms with E-state index in [-0.39, 0.29) is 8.33 Å². The van der Waals surface area contributed by atoms with E-state index < -0.39 is 11.9 Å². The van der Waals surface area contributed by atoms with Gasteiger partial charge in [0.2, 0.25) is 5.95 Å². The first kappa shape index (κ1) is 34.6. The Morgan fingerprint density at radius 1 is 1.03 bits per heavy atom. The molecule has 0 aliphatic rings. The summed E-state index contributed by atoms with van der Waals surface area (Å²) in [6.45, 7) is 3.01. The highest BCUT2D eigenvalue weighted by Crippen LogP contribution is 2.12. The van der Waals surface area contributed by atoms with Crippen LogP contribution >= 0.6 is 47.8 Å². The fourth-order valence-electron chi connectivity index (χ4n) is 1.85. The molecule has 0 aliphatic heterocycles. The van der Waals surface area contributed by atoms with E-state index in [1.807, 2.05) is 35.7 Å². The molecule has 4 rings (SSSR count). The van der Waals surface area contributed by atoms with Crippen molar-refractivity contribution in [1.82, 2.24) is 24.6 Å². The second-order valence-electron chi connectivity index (χ2n) is 5.64. The maximum atomic E-state index is 12.0. The number of anilines is 1. The van der Waals surface area contributed by atoms with Crippen LogP contribution in [0.3, 0.4) is 0 Å². The molecule has 0 fully saturated rings. The zero-order valence-corrected chi connectivity index (χ0v) is 23.3. The molecule has 0 amide bonds. The van der Waals surface area contributed by atoms with Gasteiger partial charge in [-0.3, -0.25) is 20.9 Å². The number of halogens is 4. The summed E-state index contributed by atoms with van der Waals surface area (Å²) >= 11 is 9.71. The molecule has 4 aromatic rings. The molecule has 12 nitrogen and oxygen atoms in total. The molecule has 0 spiro atoms. The number of nitrogens with one attached hydrogen (secondary N) is 1. The van der Waals surface area contributed by atoms with Gasteiger partial charge < -0.3 is 16.0 Å². The Balaban J connectivity index is -0.000000194. The van der Waals surface area contributed by atoms with Crippen molar-refractivity contribution in [3.63, 3.8) is 0 Å². The lowest BCUT2D eigenvalue weighted by molar-refractivity contribution is -0.134. The Morgan fingerprint density at radius 3 is 1.97 bits per heavy atom. The summed E-state index contributed by atoms with van der Waals surface area (Å²) in [6, 6.07) is 10.5. The van der Waals surface area contributed by atoms with Crippen LogP contribution in [0.25, 0.3) is 5.65 Å². The van der Waals surface area contributed by atoms with Crippen molar-refractivity contribution in [2.45, 2.75) is 13.8 Å². The zero-order valence-electron chi connectivity index (χ0n) is 18.5. The van der Waals surface area contributed by atoms with Crippen molar-refractivity contribution in [3.05, 3.63) is 80.2 Å². The van der Waals surface area contributed by atoms with Crippen LogP contribution in [0.1, 0.15) is 15.6 Å². The van der Waals surface area contributed by atoms with E-state index in [1.54, 1.807) is 18.3 Å². The molecule has 0 aliphatic carbocycles. The third-order valence-corrected chi connectivity index (χ3v) is 4.58. The summed E-state index contributed by atoms with van der Waals surface area (Å²) in [5.74, 6) is 13.4. The van der Waals surface area contributed by atoms with Gasteiger partial charge in [-0.25, -0.2) is 15.8 Å². The van der Waals surface area contributed by atoms with E-state index in [0.29, 0.717) is 10.3 Å². The highest BCUT2D eigenvalue weighted by atomic mass is 79.9. The Kier molecular flexibility index (Phi) is 19.4. The summed E-state index contributed by atoms with van der Waals surface area (Å²) in [6.07, 6.45) is 5.01. The maximum absolute atomic E-state index is 12.0. The minimum absolute atomic E-state index is 0. The average Bonchev–Trinajstić information content (AvgIpc) is 3.15. The third-order valence-electron chi connectivity index (χ3n) is 3.10. The number of rotatable bonds is 1. The topological polar surface area (TPSA) is 215 Å². The second-order valence-corrected chi connectivity index (χ2v) is 8.39. The van der Waals surface area contributed by atoms with E-state index >= 15 is 0 Å². The predicted octanol–water partition coefficient (Wildman–Crippen LogP) is 3.49. The number of aliphatic carboxylic acids is 1. The van der Waals surface area contributed by atoms with Crippen molar-refractivity contribution in [1.29, 1.82) is 0 Å². The Labute approximate surface area is 228 Å². The second kappa shape index (κ2) is 19.7. The number of carbonyl (C=O) groups is 1. The molecule has 35 heavy (non-hydrogen) atoms. The van der Waals surface area contributed by atoms with E-state index in [1.165, 1.54) is 12.3 Å². The van der Waals surface area contributed by atoms with E-state index in [9.17, 15) is 4.39 Å².